The summed E-state index contributed by atoms with van der Waals surface area (Å²) >= 11 is 0. The summed E-state index contributed by atoms with van der Waals surface area (Å²) in [7, 11) is 0. The Morgan fingerprint density at radius 3 is 2.84 bits per heavy atom. The molecule has 0 spiro atoms. The molecule has 124 valence electrons. The fourth-order valence-corrected chi connectivity index (χ4v) is 2.39. The summed E-state index contributed by atoms with van der Waals surface area (Å²) in [6.45, 7) is 0.0185. The van der Waals surface area contributed by atoms with Crippen molar-refractivity contribution < 1.29 is 13.9 Å². The van der Waals surface area contributed by atoms with Crippen molar-refractivity contribution in [3.63, 3.8) is 0 Å². The second kappa shape index (κ2) is 6.08. The van der Waals surface area contributed by atoms with Gasteiger partial charge in [0.2, 0.25) is 0 Å². The first-order valence-electron chi connectivity index (χ1n) is 7.49. The Kier molecular flexibility index (Phi) is 3.62. The normalized spacial score (nSPS) is 10.9. The van der Waals surface area contributed by atoms with Crippen molar-refractivity contribution in [2.24, 2.45) is 5.73 Å². The maximum atomic E-state index is 11.4. The van der Waals surface area contributed by atoms with E-state index in [1.807, 2.05) is 30.5 Å². The Hall–Kier alpha value is -3.68. The molecule has 25 heavy (non-hydrogen) atoms. The minimum atomic E-state index is -0.563. The summed E-state index contributed by atoms with van der Waals surface area (Å²) < 4.78 is 12.9. The van der Waals surface area contributed by atoms with Gasteiger partial charge in [-0.05, 0) is 30.3 Å². The SMILES string of the molecule is NC(=O)c1ccccc1OCc1nnc(-c2cc3ccccn3n2)o1. The smallest absolute Gasteiger partial charge is 0.268 e. The van der Waals surface area contributed by atoms with E-state index < -0.39 is 5.91 Å². The number of primary amides is 1. The molecule has 1 amide bonds. The molecule has 3 heterocycles. The van der Waals surface area contributed by atoms with Gasteiger partial charge in [0.1, 0.15) is 5.75 Å². The lowest BCUT2D eigenvalue weighted by molar-refractivity contribution is 0.0995. The lowest BCUT2D eigenvalue weighted by Gasteiger charge is -2.06. The number of hydrogen-bond donors (Lipinski definition) is 1. The van der Waals surface area contributed by atoms with E-state index in [-0.39, 0.29) is 12.5 Å². The number of fused-ring (bicyclic) bond motifs is 1. The maximum absolute atomic E-state index is 11.4. The van der Waals surface area contributed by atoms with Crippen LogP contribution >= 0.6 is 0 Å². The Labute approximate surface area is 141 Å². The van der Waals surface area contributed by atoms with Crippen LogP contribution in [0.2, 0.25) is 0 Å². The predicted molar refractivity (Wildman–Crippen MR) is 87.8 cm³/mol. The number of nitrogens with two attached hydrogens (primary N) is 1. The monoisotopic (exact) mass is 335 g/mol. The van der Waals surface area contributed by atoms with Crippen molar-refractivity contribution >= 4 is 11.4 Å². The van der Waals surface area contributed by atoms with E-state index in [4.69, 9.17) is 14.9 Å². The number of ether oxygens (including phenoxy) is 1. The third-order valence-electron chi connectivity index (χ3n) is 3.56. The number of carbonyl (C=O) groups excluding carboxylic acids is 1. The van der Waals surface area contributed by atoms with Crippen molar-refractivity contribution in [1.82, 2.24) is 19.8 Å². The molecule has 0 aliphatic heterocycles. The molecule has 0 saturated carbocycles. The third-order valence-corrected chi connectivity index (χ3v) is 3.56. The third kappa shape index (κ3) is 2.92. The highest BCUT2D eigenvalue weighted by Crippen LogP contribution is 2.21. The van der Waals surface area contributed by atoms with Gasteiger partial charge in [-0.25, -0.2) is 4.52 Å². The first-order chi connectivity index (χ1) is 12.2. The minimum absolute atomic E-state index is 0.0185. The summed E-state index contributed by atoms with van der Waals surface area (Å²) in [5.41, 5.74) is 7.11. The molecule has 4 rings (SSSR count). The quantitative estimate of drug-likeness (QED) is 0.598. The second-order valence-electron chi connectivity index (χ2n) is 5.25. The highest BCUT2D eigenvalue weighted by Gasteiger charge is 2.14. The number of nitrogens with zero attached hydrogens (tertiary/aromatic N) is 4. The van der Waals surface area contributed by atoms with E-state index in [1.54, 1.807) is 28.8 Å². The van der Waals surface area contributed by atoms with Crippen molar-refractivity contribution in [2.75, 3.05) is 0 Å². The standard InChI is InChI=1S/C17H13N5O3/c18-16(23)12-6-1-2-7-14(12)24-10-15-19-20-17(25-15)13-9-11-5-3-4-8-22(11)21-13/h1-9H,10H2,(H2,18,23). The van der Waals surface area contributed by atoms with Gasteiger partial charge in [0.05, 0.1) is 11.1 Å². The van der Waals surface area contributed by atoms with Gasteiger partial charge in [-0.3, -0.25) is 4.79 Å². The topological polar surface area (TPSA) is 109 Å². The number of rotatable bonds is 5. The van der Waals surface area contributed by atoms with Crippen LogP contribution in [0.25, 0.3) is 17.1 Å². The molecule has 2 N–H and O–H groups in total. The van der Waals surface area contributed by atoms with Crippen LogP contribution in [0.4, 0.5) is 0 Å². The van der Waals surface area contributed by atoms with Crippen LogP contribution in [0, 0.1) is 0 Å². The van der Waals surface area contributed by atoms with Crippen LogP contribution < -0.4 is 10.5 Å². The van der Waals surface area contributed by atoms with Gasteiger partial charge in [0.25, 0.3) is 17.7 Å². The largest absolute Gasteiger partial charge is 0.483 e. The van der Waals surface area contributed by atoms with Gasteiger partial charge in [-0.1, -0.05) is 18.2 Å². The molecule has 1 aromatic carbocycles. The molecule has 3 aromatic heterocycles. The molecule has 8 nitrogen and oxygen atoms in total. The molecule has 0 unspecified atom stereocenters. The summed E-state index contributed by atoms with van der Waals surface area (Å²) in [4.78, 5) is 11.4. The molecule has 0 bridgehead atoms. The number of carbonyl (C=O) groups is 1. The van der Waals surface area contributed by atoms with Crippen molar-refractivity contribution in [3.8, 4) is 17.3 Å². The van der Waals surface area contributed by atoms with Crippen LogP contribution in [0.3, 0.4) is 0 Å². The molecule has 0 saturated heterocycles. The van der Waals surface area contributed by atoms with E-state index in [2.05, 4.69) is 15.3 Å². The Morgan fingerprint density at radius 2 is 2.00 bits per heavy atom. The van der Waals surface area contributed by atoms with E-state index >= 15 is 0 Å². The van der Waals surface area contributed by atoms with Crippen LogP contribution in [-0.4, -0.2) is 25.7 Å². The molecule has 0 aliphatic carbocycles. The maximum Gasteiger partial charge on any atom is 0.268 e. The van der Waals surface area contributed by atoms with Crippen LogP contribution in [0.1, 0.15) is 16.2 Å². The first kappa shape index (κ1) is 14.9. The number of benzene rings is 1. The van der Waals surface area contributed by atoms with Crippen molar-refractivity contribution in [2.45, 2.75) is 6.61 Å². The zero-order valence-corrected chi connectivity index (χ0v) is 13.0. The number of para-hydroxylation sites is 1. The molecular formula is C17H13N5O3. The molecule has 0 aliphatic rings. The molecule has 8 heteroatoms. The van der Waals surface area contributed by atoms with Gasteiger partial charge < -0.3 is 14.9 Å². The number of hydrogen-bond acceptors (Lipinski definition) is 6. The van der Waals surface area contributed by atoms with Gasteiger partial charge in [0.15, 0.2) is 12.3 Å². The average Bonchev–Trinajstić information content (AvgIpc) is 3.26. The van der Waals surface area contributed by atoms with Gasteiger partial charge >= 0.3 is 0 Å². The van der Waals surface area contributed by atoms with Gasteiger partial charge in [0, 0.05) is 6.20 Å². The fraction of sp³-hybridized carbons (Fsp3) is 0.0588. The lowest BCUT2D eigenvalue weighted by atomic mass is 10.2. The second-order valence-corrected chi connectivity index (χ2v) is 5.25. The van der Waals surface area contributed by atoms with E-state index in [1.165, 1.54) is 0 Å². The molecule has 0 atom stereocenters. The summed E-state index contributed by atoms with van der Waals surface area (Å²) in [6.07, 6.45) is 1.83. The average molecular weight is 335 g/mol. The van der Waals surface area contributed by atoms with Gasteiger partial charge in [-0.2, -0.15) is 5.10 Å². The molecule has 0 radical (unpaired) electrons. The Bertz CT molecular complexity index is 1020. The molecular weight excluding hydrogens is 322 g/mol. The van der Waals surface area contributed by atoms with E-state index in [0.717, 1.165) is 5.52 Å². The molecule has 4 aromatic rings. The lowest BCUT2D eigenvalue weighted by Crippen LogP contribution is -2.12. The number of aromatic nitrogens is 4. The Balaban J connectivity index is 1.53. The van der Waals surface area contributed by atoms with E-state index in [9.17, 15) is 4.79 Å². The zero-order chi connectivity index (χ0) is 17.2. The number of amides is 1. The first-order valence-corrected chi connectivity index (χ1v) is 7.49. The van der Waals surface area contributed by atoms with Crippen LogP contribution in [-0.2, 0) is 6.61 Å². The van der Waals surface area contributed by atoms with Gasteiger partial charge in [-0.15, -0.1) is 10.2 Å². The van der Waals surface area contributed by atoms with Crippen molar-refractivity contribution in [3.05, 3.63) is 66.2 Å². The predicted octanol–water partition coefficient (Wildman–Crippen LogP) is 2.06. The number of pyridine rings is 1. The highest BCUT2D eigenvalue weighted by molar-refractivity contribution is 5.95. The van der Waals surface area contributed by atoms with Crippen molar-refractivity contribution in [1.29, 1.82) is 0 Å². The highest BCUT2D eigenvalue weighted by atomic mass is 16.5. The van der Waals surface area contributed by atoms with Crippen LogP contribution in [0.15, 0.2) is 59.1 Å². The Morgan fingerprint density at radius 1 is 1.16 bits per heavy atom. The fourth-order valence-electron chi connectivity index (χ4n) is 2.39. The zero-order valence-electron chi connectivity index (χ0n) is 13.0. The molecule has 0 fully saturated rings. The summed E-state index contributed by atoms with van der Waals surface area (Å²) in [5.74, 6) is 0.366. The summed E-state index contributed by atoms with van der Waals surface area (Å²) in [5, 5.41) is 12.3. The van der Waals surface area contributed by atoms with Crippen LogP contribution in [0.5, 0.6) is 5.75 Å². The summed E-state index contributed by atoms with van der Waals surface area (Å²) in [6, 6.07) is 14.3. The van der Waals surface area contributed by atoms with E-state index in [0.29, 0.717) is 22.9 Å². The minimum Gasteiger partial charge on any atom is -0.483 e.